The van der Waals surface area contributed by atoms with Crippen molar-refractivity contribution >= 4 is 35.6 Å². The molecule has 2 aromatic rings. The molecule has 0 spiro atoms. The first-order valence-corrected chi connectivity index (χ1v) is 14.7. The summed E-state index contributed by atoms with van der Waals surface area (Å²) >= 11 is 0. The number of aliphatic imine (C=N–C) groups is 2. The summed E-state index contributed by atoms with van der Waals surface area (Å²) in [5.74, 6) is -3.53. The van der Waals surface area contributed by atoms with E-state index in [1.807, 2.05) is 0 Å². The zero-order chi connectivity index (χ0) is 34.1. The SMILES string of the molecule is NC(N)=NCCCC(N)C(=O)NC(Cc1ccc(O)cc1)C(=O)NC(Cc1ccccc1)C(=O)NC(CCCN=C(N)N)C(=O)O. The van der Waals surface area contributed by atoms with E-state index < -0.39 is 47.9 Å². The molecule has 0 aliphatic heterocycles. The fourth-order valence-corrected chi connectivity index (χ4v) is 4.37. The number of amides is 3. The minimum absolute atomic E-state index is 0.000786. The van der Waals surface area contributed by atoms with Crippen LogP contribution in [0.4, 0.5) is 0 Å². The van der Waals surface area contributed by atoms with Crippen molar-refractivity contribution in [3.8, 4) is 5.75 Å². The number of nitrogens with zero attached hydrogens (tertiary/aromatic N) is 2. The average molecular weight is 641 g/mol. The second-order valence-electron chi connectivity index (χ2n) is 10.6. The molecular formula is C30H44N10O6. The van der Waals surface area contributed by atoms with Crippen molar-refractivity contribution in [3.63, 3.8) is 0 Å². The van der Waals surface area contributed by atoms with Crippen LogP contribution in [0, 0.1) is 0 Å². The van der Waals surface area contributed by atoms with Gasteiger partial charge < -0.3 is 54.8 Å². The molecule has 0 saturated heterocycles. The molecule has 0 aliphatic carbocycles. The van der Waals surface area contributed by atoms with Gasteiger partial charge in [-0.2, -0.15) is 0 Å². The summed E-state index contributed by atoms with van der Waals surface area (Å²) in [6, 6.07) is 10.2. The van der Waals surface area contributed by atoms with E-state index in [1.54, 1.807) is 42.5 Å². The number of hydrogen-bond donors (Lipinski definition) is 10. The Balaban J connectivity index is 2.26. The standard InChI is InChI=1S/C30H44N10O6/c31-21(8-4-14-36-29(32)33)25(42)39-23(17-19-10-12-20(41)13-11-19)27(44)40-24(16-18-6-2-1-3-7-18)26(43)38-22(28(45)46)9-5-15-37-30(34)35/h1-3,6-7,10-13,21-24,41H,4-5,8-9,14-17,31H2,(H,38,43)(H,39,42)(H,40,44)(H,45,46)(H4,32,33,36)(H4,34,35,37). The molecule has 0 aliphatic rings. The van der Waals surface area contributed by atoms with Gasteiger partial charge in [0, 0.05) is 25.9 Å². The summed E-state index contributed by atoms with van der Waals surface area (Å²) in [5.41, 5.74) is 28.7. The third-order valence-electron chi connectivity index (χ3n) is 6.79. The van der Waals surface area contributed by atoms with Crippen molar-refractivity contribution in [2.75, 3.05) is 13.1 Å². The Morgan fingerprint density at radius 1 is 0.652 bits per heavy atom. The van der Waals surface area contributed by atoms with Gasteiger partial charge in [-0.25, -0.2) is 4.79 Å². The molecule has 2 aromatic carbocycles. The lowest BCUT2D eigenvalue weighted by atomic mass is 10.0. The van der Waals surface area contributed by atoms with Gasteiger partial charge in [0.15, 0.2) is 11.9 Å². The highest BCUT2D eigenvalue weighted by atomic mass is 16.4. The Labute approximate surface area is 266 Å². The number of nitrogens with two attached hydrogens (primary N) is 5. The number of aliphatic carboxylic acids is 1. The summed E-state index contributed by atoms with van der Waals surface area (Å²) in [4.78, 5) is 59.8. The Morgan fingerprint density at radius 2 is 1.11 bits per heavy atom. The predicted octanol–water partition coefficient (Wildman–Crippen LogP) is -1.85. The normalized spacial score (nSPS) is 13.2. The van der Waals surface area contributed by atoms with E-state index in [9.17, 15) is 29.4 Å². The second-order valence-corrected chi connectivity index (χ2v) is 10.6. The van der Waals surface area contributed by atoms with Crippen LogP contribution >= 0.6 is 0 Å². The number of aromatic hydroxyl groups is 1. The molecule has 2 rings (SSSR count). The summed E-state index contributed by atoms with van der Waals surface area (Å²) in [6.07, 6.45) is 0.984. The quantitative estimate of drug-likeness (QED) is 0.0462. The first-order chi connectivity index (χ1) is 21.8. The van der Waals surface area contributed by atoms with Crippen LogP contribution in [0.15, 0.2) is 64.6 Å². The number of carbonyl (C=O) groups is 4. The van der Waals surface area contributed by atoms with Crippen molar-refractivity contribution in [1.29, 1.82) is 0 Å². The highest BCUT2D eigenvalue weighted by Gasteiger charge is 2.30. The van der Waals surface area contributed by atoms with Gasteiger partial charge >= 0.3 is 5.97 Å². The third kappa shape index (κ3) is 13.9. The maximum Gasteiger partial charge on any atom is 0.326 e. The molecule has 16 heteroatoms. The van der Waals surface area contributed by atoms with E-state index >= 15 is 0 Å². The zero-order valence-electron chi connectivity index (χ0n) is 25.5. The van der Waals surface area contributed by atoms with E-state index in [4.69, 9.17) is 28.7 Å². The zero-order valence-corrected chi connectivity index (χ0v) is 25.5. The minimum atomic E-state index is -1.28. The number of carbonyl (C=O) groups excluding carboxylic acids is 3. The van der Waals surface area contributed by atoms with Crippen molar-refractivity contribution in [3.05, 3.63) is 65.7 Å². The number of phenols is 1. The first kappa shape index (κ1) is 36.8. The molecule has 250 valence electrons. The topological polar surface area (TPSA) is 300 Å². The lowest BCUT2D eigenvalue weighted by molar-refractivity contribution is -0.142. The number of hydrogen-bond acceptors (Lipinski definition) is 8. The van der Waals surface area contributed by atoms with Crippen molar-refractivity contribution in [2.45, 2.75) is 62.7 Å². The first-order valence-electron chi connectivity index (χ1n) is 14.7. The predicted molar refractivity (Wildman–Crippen MR) is 173 cm³/mol. The largest absolute Gasteiger partial charge is 0.508 e. The van der Waals surface area contributed by atoms with Gasteiger partial charge in [0.05, 0.1) is 6.04 Å². The van der Waals surface area contributed by atoms with E-state index in [2.05, 4.69) is 25.9 Å². The molecule has 0 saturated carbocycles. The number of carboxylic acid groups (broad SMARTS) is 1. The van der Waals surface area contributed by atoms with Gasteiger partial charge in [-0.05, 0) is 48.9 Å². The monoisotopic (exact) mass is 640 g/mol. The Hall–Kier alpha value is -5.38. The molecule has 0 radical (unpaired) electrons. The Kier molecular flexibility index (Phi) is 15.3. The van der Waals surface area contributed by atoms with Crippen LogP contribution in [0.25, 0.3) is 0 Å². The van der Waals surface area contributed by atoms with E-state index in [0.717, 1.165) is 0 Å². The molecular weight excluding hydrogens is 596 g/mol. The Morgan fingerprint density at radius 3 is 1.61 bits per heavy atom. The van der Waals surface area contributed by atoms with Crippen LogP contribution in [0.1, 0.15) is 36.8 Å². The number of rotatable bonds is 19. The van der Waals surface area contributed by atoms with Crippen molar-refractivity contribution in [2.24, 2.45) is 38.7 Å². The minimum Gasteiger partial charge on any atom is -0.508 e. The summed E-state index contributed by atoms with van der Waals surface area (Å²) in [7, 11) is 0. The number of phenolic OH excluding ortho intramolecular Hbond substituents is 1. The molecule has 0 bridgehead atoms. The number of carboxylic acids is 1. The summed E-state index contributed by atoms with van der Waals surface area (Å²) in [5, 5.41) is 27.2. The maximum absolute atomic E-state index is 13.7. The van der Waals surface area contributed by atoms with E-state index in [1.165, 1.54) is 12.1 Å². The number of guanidine groups is 2. The van der Waals surface area contributed by atoms with Crippen LogP contribution in [-0.2, 0) is 32.0 Å². The molecule has 0 fully saturated rings. The van der Waals surface area contributed by atoms with Crippen LogP contribution in [0.3, 0.4) is 0 Å². The second kappa shape index (κ2) is 19.1. The van der Waals surface area contributed by atoms with Gasteiger partial charge in [0.1, 0.15) is 23.9 Å². The molecule has 4 atom stereocenters. The lowest BCUT2D eigenvalue weighted by Crippen LogP contribution is -2.58. The van der Waals surface area contributed by atoms with Gasteiger partial charge in [0.25, 0.3) is 0 Å². The van der Waals surface area contributed by atoms with Crippen molar-refractivity contribution in [1.82, 2.24) is 16.0 Å². The smallest absolute Gasteiger partial charge is 0.326 e. The number of nitrogens with one attached hydrogen (secondary N) is 3. The van der Waals surface area contributed by atoms with Crippen LogP contribution in [0.5, 0.6) is 5.75 Å². The van der Waals surface area contributed by atoms with E-state index in [-0.39, 0.29) is 62.9 Å². The summed E-state index contributed by atoms with van der Waals surface area (Å²) < 4.78 is 0. The highest BCUT2D eigenvalue weighted by Crippen LogP contribution is 2.13. The average Bonchev–Trinajstić information content (AvgIpc) is 3.01. The molecule has 0 heterocycles. The molecule has 3 amide bonds. The molecule has 0 aromatic heterocycles. The number of benzene rings is 2. The molecule has 16 nitrogen and oxygen atoms in total. The fourth-order valence-electron chi connectivity index (χ4n) is 4.37. The highest BCUT2D eigenvalue weighted by molar-refractivity contribution is 5.94. The van der Waals surface area contributed by atoms with Crippen LogP contribution < -0.4 is 44.6 Å². The van der Waals surface area contributed by atoms with Gasteiger partial charge in [-0.1, -0.05) is 42.5 Å². The fraction of sp³-hybridized carbons (Fsp3) is 0.400. The molecule has 46 heavy (non-hydrogen) atoms. The van der Waals surface area contributed by atoms with Crippen LogP contribution in [0.2, 0.25) is 0 Å². The molecule has 15 N–H and O–H groups in total. The van der Waals surface area contributed by atoms with Crippen LogP contribution in [-0.4, -0.2) is 83.1 Å². The third-order valence-corrected chi connectivity index (χ3v) is 6.79. The van der Waals surface area contributed by atoms with E-state index in [0.29, 0.717) is 17.5 Å². The van der Waals surface area contributed by atoms with Gasteiger partial charge in [0.2, 0.25) is 17.7 Å². The Bertz CT molecular complexity index is 1350. The van der Waals surface area contributed by atoms with Gasteiger partial charge in [-0.15, -0.1) is 0 Å². The lowest BCUT2D eigenvalue weighted by Gasteiger charge is -2.25. The molecule has 4 unspecified atom stereocenters. The maximum atomic E-state index is 13.7. The van der Waals surface area contributed by atoms with Crippen molar-refractivity contribution < 1.29 is 29.4 Å². The summed E-state index contributed by atoms with van der Waals surface area (Å²) in [6.45, 7) is 0.434. The van der Waals surface area contributed by atoms with Gasteiger partial charge in [-0.3, -0.25) is 24.4 Å².